The van der Waals surface area contributed by atoms with Crippen LogP contribution in [0.4, 0.5) is 0 Å². The molecule has 0 spiro atoms. The van der Waals surface area contributed by atoms with Crippen LogP contribution in [0.1, 0.15) is 10.4 Å². The summed E-state index contributed by atoms with van der Waals surface area (Å²) < 4.78 is 1.51. The predicted octanol–water partition coefficient (Wildman–Crippen LogP) is -0.229. The molecule has 2 aromatic heterocycles. The monoisotopic (exact) mass is 214 g/mol. The molecule has 16 heavy (non-hydrogen) atoms. The molecule has 78 valence electrons. The third-order valence-electron chi connectivity index (χ3n) is 2.30. The van der Waals surface area contributed by atoms with E-state index in [0.29, 0.717) is 22.2 Å². The van der Waals surface area contributed by atoms with Gasteiger partial charge in [0, 0.05) is 5.56 Å². The van der Waals surface area contributed by atoms with Crippen molar-refractivity contribution in [2.75, 3.05) is 0 Å². The van der Waals surface area contributed by atoms with Crippen molar-refractivity contribution in [3.05, 3.63) is 30.0 Å². The van der Waals surface area contributed by atoms with E-state index in [4.69, 9.17) is 5.73 Å². The van der Waals surface area contributed by atoms with Crippen LogP contribution in [0.2, 0.25) is 0 Å². The van der Waals surface area contributed by atoms with Gasteiger partial charge in [-0.1, -0.05) is 0 Å². The lowest BCUT2D eigenvalue weighted by atomic mass is 10.2. The van der Waals surface area contributed by atoms with Gasteiger partial charge in [-0.3, -0.25) is 9.78 Å². The van der Waals surface area contributed by atoms with Crippen LogP contribution in [0, 0.1) is 0 Å². The lowest BCUT2D eigenvalue weighted by molar-refractivity contribution is 0.100. The molecule has 1 amide bonds. The van der Waals surface area contributed by atoms with Crippen molar-refractivity contribution < 1.29 is 4.79 Å². The maximum Gasteiger partial charge on any atom is 0.248 e. The highest BCUT2D eigenvalue weighted by molar-refractivity contribution is 5.96. The molecule has 0 radical (unpaired) electrons. The molecule has 0 fully saturated rings. The highest BCUT2D eigenvalue weighted by Crippen LogP contribution is 2.13. The van der Waals surface area contributed by atoms with Crippen LogP contribution < -0.4 is 5.73 Å². The molecule has 1 aromatic carbocycles. The first-order chi connectivity index (χ1) is 7.75. The van der Waals surface area contributed by atoms with Crippen LogP contribution in [-0.4, -0.2) is 30.9 Å². The molecule has 2 heterocycles. The molecule has 2 N–H and O–H groups in total. The van der Waals surface area contributed by atoms with Crippen molar-refractivity contribution in [3.8, 4) is 0 Å². The Balaban J connectivity index is 2.46. The second-order valence-electron chi connectivity index (χ2n) is 3.27. The molecule has 7 heteroatoms. The number of hydrogen-bond acceptors (Lipinski definition) is 5. The Labute approximate surface area is 88.9 Å². The SMILES string of the molecule is NC(=O)c1ccc2ncc3nnnn3c2c1. The Hall–Kier alpha value is -2.57. The largest absolute Gasteiger partial charge is 0.366 e. The van der Waals surface area contributed by atoms with Gasteiger partial charge in [-0.2, -0.15) is 4.52 Å². The molecule has 3 aromatic rings. The molecule has 0 aliphatic carbocycles. The number of benzene rings is 1. The van der Waals surface area contributed by atoms with Crippen molar-refractivity contribution in [1.82, 2.24) is 25.0 Å². The van der Waals surface area contributed by atoms with Gasteiger partial charge in [0.25, 0.3) is 0 Å². The number of fused-ring (bicyclic) bond motifs is 3. The molecule has 0 aliphatic rings. The number of amides is 1. The first kappa shape index (κ1) is 8.72. The summed E-state index contributed by atoms with van der Waals surface area (Å²) in [7, 11) is 0. The summed E-state index contributed by atoms with van der Waals surface area (Å²) in [5.74, 6) is -0.494. The van der Waals surface area contributed by atoms with E-state index in [9.17, 15) is 4.79 Å². The van der Waals surface area contributed by atoms with Gasteiger partial charge in [0.1, 0.15) is 0 Å². The molecule has 0 aliphatic heterocycles. The lowest BCUT2D eigenvalue weighted by Crippen LogP contribution is -2.11. The van der Waals surface area contributed by atoms with E-state index in [1.54, 1.807) is 24.4 Å². The minimum absolute atomic E-state index is 0.400. The number of tetrazole rings is 1. The Morgan fingerprint density at radius 2 is 2.25 bits per heavy atom. The van der Waals surface area contributed by atoms with Crippen LogP contribution in [-0.2, 0) is 0 Å². The summed E-state index contributed by atoms with van der Waals surface area (Å²) in [4.78, 5) is 15.2. The number of nitrogens with two attached hydrogens (primary N) is 1. The van der Waals surface area contributed by atoms with Crippen LogP contribution >= 0.6 is 0 Å². The Bertz CT molecular complexity index is 703. The van der Waals surface area contributed by atoms with E-state index < -0.39 is 5.91 Å². The van der Waals surface area contributed by atoms with E-state index in [1.165, 1.54) is 4.52 Å². The third kappa shape index (κ3) is 1.11. The Morgan fingerprint density at radius 3 is 3.06 bits per heavy atom. The fraction of sp³-hybridized carbons (Fsp3) is 0. The first-order valence-corrected chi connectivity index (χ1v) is 4.52. The molecule has 0 saturated carbocycles. The average molecular weight is 214 g/mol. The normalized spacial score (nSPS) is 11.0. The smallest absolute Gasteiger partial charge is 0.248 e. The maximum atomic E-state index is 11.1. The Morgan fingerprint density at radius 1 is 1.38 bits per heavy atom. The number of nitrogens with zero attached hydrogens (tertiary/aromatic N) is 5. The minimum Gasteiger partial charge on any atom is -0.366 e. The van der Waals surface area contributed by atoms with Crippen molar-refractivity contribution in [2.24, 2.45) is 5.73 Å². The summed E-state index contributed by atoms with van der Waals surface area (Å²) in [6, 6.07) is 4.94. The highest BCUT2D eigenvalue weighted by atomic mass is 16.1. The van der Waals surface area contributed by atoms with Crippen LogP contribution in [0.15, 0.2) is 24.4 Å². The molecular weight excluding hydrogens is 208 g/mol. The van der Waals surface area contributed by atoms with Crippen molar-refractivity contribution in [3.63, 3.8) is 0 Å². The standard InChI is InChI=1S/C9H6N6O/c10-9(16)5-1-2-6-7(3-5)15-8(4-11-6)12-13-14-15/h1-4H,(H2,10,16). The van der Waals surface area contributed by atoms with Gasteiger partial charge in [0.2, 0.25) is 5.91 Å². The molecule has 0 bridgehead atoms. The second kappa shape index (κ2) is 2.96. The minimum atomic E-state index is -0.494. The summed E-state index contributed by atoms with van der Waals surface area (Å²) in [6.45, 7) is 0. The van der Waals surface area contributed by atoms with Crippen LogP contribution in [0.25, 0.3) is 16.7 Å². The van der Waals surface area contributed by atoms with E-state index in [-0.39, 0.29) is 0 Å². The summed E-state index contributed by atoms with van der Waals surface area (Å²) in [5.41, 5.74) is 7.48. The number of carbonyl (C=O) groups is 1. The molecule has 7 nitrogen and oxygen atoms in total. The highest BCUT2D eigenvalue weighted by Gasteiger charge is 2.07. The second-order valence-corrected chi connectivity index (χ2v) is 3.27. The number of rotatable bonds is 1. The number of hydrogen-bond donors (Lipinski definition) is 1. The quantitative estimate of drug-likeness (QED) is 0.603. The molecule has 3 rings (SSSR count). The fourth-order valence-corrected chi connectivity index (χ4v) is 1.53. The summed E-state index contributed by atoms with van der Waals surface area (Å²) in [6.07, 6.45) is 1.56. The van der Waals surface area contributed by atoms with Crippen molar-refractivity contribution in [1.29, 1.82) is 0 Å². The first-order valence-electron chi connectivity index (χ1n) is 4.52. The molecule has 0 unspecified atom stereocenters. The maximum absolute atomic E-state index is 11.1. The zero-order valence-electron chi connectivity index (χ0n) is 8.03. The van der Waals surface area contributed by atoms with E-state index >= 15 is 0 Å². The van der Waals surface area contributed by atoms with Gasteiger partial charge in [-0.15, -0.1) is 5.10 Å². The van der Waals surface area contributed by atoms with E-state index in [0.717, 1.165) is 0 Å². The van der Waals surface area contributed by atoms with Gasteiger partial charge in [-0.25, -0.2) is 0 Å². The summed E-state index contributed by atoms with van der Waals surface area (Å²) >= 11 is 0. The van der Waals surface area contributed by atoms with Gasteiger partial charge in [-0.05, 0) is 28.6 Å². The number of primary amides is 1. The average Bonchev–Trinajstić information content (AvgIpc) is 2.76. The topological polar surface area (TPSA) is 99.1 Å². The Kier molecular flexibility index (Phi) is 1.61. The molecule has 0 atom stereocenters. The van der Waals surface area contributed by atoms with Gasteiger partial charge < -0.3 is 5.73 Å². The van der Waals surface area contributed by atoms with Gasteiger partial charge in [0.05, 0.1) is 17.2 Å². The van der Waals surface area contributed by atoms with Crippen LogP contribution in [0.5, 0.6) is 0 Å². The van der Waals surface area contributed by atoms with Crippen molar-refractivity contribution >= 4 is 22.6 Å². The van der Waals surface area contributed by atoms with E-state index in [2.05, 4.69) is 20.5 Å². The number of aromatic nitrogens is 5. The van der Waals surface area contributed by atoms with E-state index in [1.807, 2.05) is 0 Å². The zero-order chi connectivity index (χ0) is 11.1. The zero-order valence-corrected chi connectivity index (χ0v) is 8.03. The number of carbonyl (C=O) groups excluding carboxylic acids is 1. The molecular formula is C9H6N6O. The predicted molar refractivity (Wildman–Crippen MR) is 54.6 cm³/mol. The van der Waals surface area contributed by atoms with Crippen LogP contribution in [0.3, 0.4) is 0 Å². The van der Waals surface area contributed by atoms with Gasteiger partial charge in [0.15, 0.2) is 5.65 Å². The fourth-order valence-electron chi connectivity index (χ4n) is 1.53. The molecule has 0 saturated heterocycles. The van der Waals surface area contributed by atoms with Gasteiger partial charge >= 0.3 is 0 Å². The third-order valence-corrected chi connectivity index (χ3v) is 2.30. The lowest BCUT2D eigenvalue weighted by Gasteiger charge is -2.00. The van der Waals surface area contributed by atoms with Crippen molar-refractivity contribution in [2.45, 2.75) is 0 Å². The summed E-state index contributed by atoms with van der Waals surface area (Å²) in [5, 5.41) is 11.1.